The molecule has 0 atom stereocenters. The van der Waals surface area contributed by atoms with Crippen LogP contribution in [-0.4, -0.2) is 0 Å². The second-order valence-corrected chi connectivity index (χ2v) is 3.90. The van der Waals surface area contributed by atoms with E-state index in [1.54, 1.807) is 0 Å². The zero-order valence-electron chi connectivity index (χ0n) is 9.89. The van der Waals surface area contributed by atoms with E-state index in [9.17, 15) is 17.6 Å². The number of anilines is 1. The van der Waals surface area contributed by atoms with Crippen LogP contribution in [0.25, 0.3) is 0 Å². The van der Waals surface area contributed by atoms with E-state index >= 15 is 0 Å². The van der Waals surface area contributed by atoms with Gasteiger partial charge in [0, 0.05) is 0 Å². The summed E-state index contributed by atoms with van der Waals surface area (Å²) in [5.41, 5.74) is -3.34. The summed E-state index contributed by atoms with van der Waals surface area (Å²) < 4.78 is 51.2. The molecule has 1 aromatic carbocycles. The van der Waals surface area contributed by atoms with Crippen molar-refractivity contribution in [3.8, 4) is 18.2 Å². The van der Waals surface area contributed by atoms with E-state index < -0.39 is 39.5 Å². The van der Waals surface area contributed by atoms with Crippen LogP contribution < -0.4 is 5.32 Å². The first-order chi connectivity index (χ1) is 9.74. The molecule has 0 fully saturated rings. The number of alkyl halides is 3. The topological polar surface area (TPSA) is 83.4 Å². The fraction of sp³-hybridized carbons (Fsp3) is 0.0833. The quantitative estimate of drug-likeness (QED) is 0.666. The molecule has 0 saturated heterocycles. The third kappa shape index (κ3) is 3.62. The molecular formula is C12H3ClF4N4. The second-order valence-electron chi connectivity index (χ2n) is 3.52. The summed E-state index contributed by atoms with van der Waals surface area (Å²) in [6.45, 7) is 0. The molecule has 0 aliphatic rings. The molecule has 0 bridgehead atoms. The maximum absolute atomic E-state index is 13.2. The Bertz CT molecular complexity index is 716. The monoisotopic (exact) mass is 314 g/mol. The van der Waals surface area contributed by atoms with Crippen molar-refractivity contribution >= 4 is 17.3 Å². The number of rotatable bonds is 2. The van der Waals surface area contributed by atoms with Crippen molar-refractivity contribution in [2.45, 2.75) is 6.18 Å². The number of nitrogens with zero attached hydrogens (tertiary/aromatic N) is 3. The fourth-order valence-electron chi connectivity index (χ4n) is 1.30. The maximum Gasteiger partial charge on any atom is 0.418 e. The summed E-state index contributed by atoms with van der Waals surface area (Å²) in [5, 5.41) is 27.2. The molecule has 0 amide bonds. The third-order valence-corrected chi connectivity index (χ3v) is 2.60. The predicted octanol–water partition coefficient (Wildman–Crippen LogP) is 3.73. The SMILES string of the molecule is N#CC(C#N)=C(C#N)Nc1cc(F)cc(C(F)(F)F)c1Cl. The lowest BCUT2D eigenvalue weighted by molar-refractivity contribution is -0.137. The highest BCUT2D eigenvalue weighted by molar-refractivity contribution is 6.34. The summed E-state index contributed by atoms with van der Waals surface area (Å²) in [7, 11) is 0. The lowest BCUT2D eigenvalue weighted by Crippen LogP contribution is -2.09. The molecule has 0 aliphatic carbocycles. The van der Waals surface area contributed by atoms with Crippen molar-refractivity contribution in [3.63, 3.8) is 0 Å². The van der Waals surface area contributed by atoms with E-state index in [0.29, 0.717) is 6.07 Å². The Balaban J connectivity index is 3.45. The zero-order valence-corrected chi connectivity index (χ0v) is 10.6. The van der Waals surface area contributed by atoms with Gasteiger partial charge in [-0.05, 0) is 12.1 Å². The number of hydrogen-bond donors (Lipinski definition) is 1. The lowest BCUT2D eigenvalue weighted by atomic mass is 10.1. The Labute approximate surface area is 121 Å². The molecule has 1 aromatic rings. The first-order valence-corrected chi connectivity index (χ1v) is 5.40. The van der Waals surface area contributed by atoms with Crippen LogP contribution in [0.3, 0.4) is 0 Å². The molecule has 4 nitrogen and oxygen atoms in total. The average Bonchev–Trinajstić information content (AvgIpc) is 2.40. The molecule has 9 heteroatoms. The van der Waals surface area contributed by atoms with E-state index in [1.807, 2.05) is 0 Å². The number of halogens is 5. The molecule has 1 rings (SSSR count). The van der Waals surface area contributed by atoms with Gasteiger partial charge in [0.05, 0.1) is 16.3 Å². The molecule has 0 unspecified atom stereocenters. The molecule has 0 saturated carbocycles. The Kier molecular flexibility index (Phi) is 4.75. The summed E-state index contributed by atoms with van der Waals surface area (Å²) in [6, 6.07) is 4.98. The van der Waals surface area contributed by atoms with E-state index in [1.165, 1.54) is 18.2 Å². The summed E-state index contributed by atoms with van der Waals surface area (Å²) in [5.74, 6) is -1.25. The first-order valence-electron chi connectivity index (χ1n) is 5.02. The Morgan fingerprint density at radius 3 is 2.10 bits per heavy atom. The van der Waals surface area contributed by atoms with Gasteiger partial charge in [-0.1, -0.05) is 11.6 Å². The van der Waals surface area contributed by atoms with Gasteiger partial charge in [-0.2, -0.15) is 29.0 Å². The van der Waals surface area contributed by atoms with Gasteiger partial charge in [-0.15, -0.1) is 0 Å². The van der Waals surface area contributed by atoms with Crippen LogP contribution in [0.2, 0.25) is 5.02 Å². The van der Waals surface area contributed by atoms with Gasteiger partial charge >= 0.3 is 6.18 Å². The molecule has 1 N–H and O–H groups in total. The first kappa shape index (κ1) is 16.3. The van der Waals surface area contributed by atoms with Crippen LogP contribution in [0.5, 0.6) is 0 Å². The average molecular weight is 315 g/mol. The van der Waals surface area contributed by atoms with Gasteiger partial charge in [0.25, 0.3) is 0 Å². The van der Waals surface area contributed by atoms with Crippen LogP contribution in [0, 0.1) is 39.8 Å². The molecule has 106 valence electrons. The predicted molar refractivity (Wildman–Crippen MR) is 63.9 cm³/mol. The van der Waals surface area contributed by atoms with Gasteiger partial charge in [-0.3, -0.25) is 0 Å². The molecular weight excluding hydrogens is 312 g/mol. The minimum atomic E-state index is -4.90. The lowest BCUT2D eigenvalue weighted by Gasteiger charge is -2.13. The Hall–Kier alpha value is -2.76. The van der Waals surface area contributed by atoms with Crippen molar-refractivity contribution in [1.29, 1.82) is 15.8 Å². The van der Waals surface area contributed by atoms with Crippen LogP contribution in [0.1, 0.15) is 5.56 Å². The van der Waals surface area contributed by atoms with Crippen molar-refractivity contribution < 1.29 is 17.6 Å². The van der Waals surface area contributed by atoms with Crippen LogP contribution in [0.4, 0.5) is 23.2 Å². The fourth-order valence-corrected chi connectivity index (χ4v) is 1.57. The van der Waals surface area contributed by atoms with Gasteiger partial charge in [0.15, 0.2) is 5.57 Å². The summed E-state index contributed by atoms with van der Waals surface area (Å²) in [4.78, 5) is 0. The van der Waals surface area contributed by atoms with E-state index in [2.05, 4.69) is 5.32 Å². The van der Waals surface area contributed by atoms with Gasteiger partial charge in [0.1, 0.15) is 29.7 Å². The van der Waals surface area contributed by atoms with Crippen molar-refractivity contribution in [2.75, 3.05) is 5.32 Å². The van der Waals surface area contributed by atoms with E-state index in [0.717, 1.165) is 0 Å². The van der Waals surface area contributed by atoms with Crippen molar-refractivity contribution in [3.05, 3.63) is 39.8 Å². The highest BCUT2D eigenvalue weighted by Crippen LogP contribution is 2.39. The van der Waals surface area contributed by atoms with Gasteiger partial charge in [0.2, 0.25) is 0 Å². The zero-order chi connectivity index (χ0) is 16.2. The van der Waals surface area contributed by atoms with Crippen molar-refractivity contribution in [1.82, 2.24) is 0 Å². The summed E-state index contributed by atoms with van der Waals surface area (Å²) >= 11 is 5.51. The summed E-state index contributed by atoms with van der Waals surface area (Å²) in [6.07, 6.45) is -4.90. The molecule has 0 spiro atoms. The highest BCUT2D eigenvalue weighted by atomic mass is 35.5. The number of nitrogens with one attached hydrogen (secondary N) is 1. The van der Waals surface area contributed by atoms with Crippen LogP contribution in [0.15, 0.2) is 23.4 Å². The van der Waals surface area contributed by atoms with Crippen LogP contribution in [-0.2, 0) is 6.18 Å². The minimum absolute atomic E-state index is 0.193. The number of nitriles is 3. The molecule has 21 heavy (non-hydrogen) atoms. The third-order valence-electron chi connectivity index (χ3n) is 2.19. The maximum atomic E-state index is 13.2. The van der Waals surface area contributed by atoms with Crippen molar-refractivity contribution in [2.24, 2.45) is 0 Å². The highest BCUT2D eigenvalue weighted by Gasteiger charge is 2.35. The van der Waals surface area contributed by atoms with Gasteiger partial charge in [-0.25, -0.2) is 4.39 Å². The van der Waals surface area contributed by atoms with E-state index in [4.69, 9.17) is 27.4 Å². The normalized spacial score (nSPS) is 10.0. The molecule has 0 heterocycles. The standard InChI is InChI=1S/C12H3ClF4N4/c13-11-8(12(15,16)17)1-7(14)2-9(11)21-10(5-20)6(3-18)4-19/h1-2,21H. The van der Waals surface area contributed by atoms with Crippen LogP contribution >= 0.6 is 11.6 Å². The number of benzene rings is 1. The van der Waals surface area contributed by atoms with E-state index in [-0.39, 0.29) is 6.07 Å². The van der Waals surface area contributed by atoms with Gasteiger partial charge < -0.3 is 5.32 Å². The second kappa shape index (κ2) is 6.13. The smallest absolute Gasteiger partial charge is 0.344 e. The Morgan fingerprint density at radius 1 is 1.10 bits per heavy atom. The minimum Gasteiger partial charge on any atom is -0.344 e. The number of hydrogen-bond acceptors (Lipinski definition) is 4. The molecule has 0 aromatic heterocycles. The largest absolute Gasteiger partial charge is 0.418 e. The molecule has 0 radical (unpaired) electrons. The molecule has 0 aliphatic heterocycles. The Morgan fingerprint density at radius 2 is 1.67 bits per heavy atom. The number of allylic oxidation sites excluding steroid dienone is 2.